The molecule has 0 spiro atoms. The van der Waals surface area contributed by atoms with Crippen LogP contribution in [0.15, 0.2) is 18.2 Å². The third kappa shape index (κ3) is 3.80. The second-order valence-electron chi connectivity index (χ2n) is 5.60. The summed E-state index contributed by atoms with van der Waals surface area (Å²) in [5.74, 6) is -0.650. The van der Waals surface area contributed by atoms with Crippen molar-refractivity contribution in [1.29, 1.82) is 0 Å². The molecule has 3 heteroatoms. The van der Waals surface area contributed by atoms with Gasteiger partial charge in [0, 0.05) is 31.8 Å². The minimum absolute atomic E-state index is 0.0739. The van der Waals surface area contributed by atoms with Crippen molar-refractivity contribution in [2.75, 3.05) is 13.0 Å². The van der Waals surface area contributed by atoms with Gasteiger partial charge in [-0.1, -0.05) is 32.9 Å². The molecule has 1 saturated heterocycles. The van der Waals surface area contributed by atoms with Crippen LogP contribution in [0, 0.1) is 5.82 Å². The summed E-state index contributed by atoms with van der Waals surface area (Å²) in [5, 5.41) is 0. The van der Waals surface area contributed by atoms with Crippen molar-refractivity contribution in [3.05, 3.63) is 35.1 Å². The largest absolute Gasteiger partial charge is 0.373 e. The molecule has 2 atom stereocenters. The molecular weight excluding hydrogens is 253 g/mol. The highest BCUT2D eigenvalue weighted by molar-refractivity contribution is 5.30. The van der Waals surface area contributed by atoms with Crippen LogP contribution in [0.4, 0.5) is 4.39 Å². The Labute approximate surface area is 137 Å². The van der Waals surface area contributed by atoms with Crippen molar-refractivity contribution >= 4 is 0 Å². The van der Waals surface area contributed by atoms with E-state index in [1.54, 1.807) is 20.8 Å². The molecule has 1 fully saturated rings. The Bertz CT molecular complexity index is 863. The maximum absolute atomic E-state index is 14.4. The van der Waals surface area contributed by atoms with E-state index in [1.807, 2.05) is 0 Å². The summed E-state index contributed by atoms with van der Waals surface area (Å²) >= 11 is 0. The van der Waals surface area contributed by atoms with Crippen LogP contribution >= 0.6 is 0 Å². The number of hydrogen-bond donors (Lipinski definition) is 0. The van der Waals surface area contributed by atoms with Gasteiger partial charge in [0.05, 0.1) is 14.9 Å². The summed E-state index contributed by atoms with van der Waals surface area (Å²) in [6.07, 6.45) is -6.34. The van der Waals surface area contributed by atoms with Crippen LogP contribution in [0.25, 0.3) is 0 Å². The van der Waals surface area contributed by atoms with Crippen LogP contribution in [0.5, 0.6) is 0 Å². The van der Waals surface area contributed by atoms with Gasteiger partial charge < -0.3 is 4.74 Å². The third-order valence-electron chi connectivity index (χ3n) is 2.75. The van der Waals surface area contributed by atoms with Gasteiger partial charge in [-0.05, 0) is 36.4 Å². The van der Waals surface area contributed by atoms with E-state index in [1.165, 1.54) is 0 Å². The van der Waals surface area contributed by atoms with Crippen molar-refractivity contribution in [1.82, 2.24) is 4.90 Å². The maximum atomic E-state index is 14.4. The predicted octanol–water partition coefficient (Wildman–Crippen LogP) is 3.73. The highest BCUT2D eigenvalue weighted by atomic mass is 19.1. The van der Waals surface area contributed by atoms with Crippen molar-refractivity contribution in [2.24, 2.45) is 0 Å². The molecule has 0 radical (unpaired) electrons. The molecule has 1 aromatic rings. The minimum Gasteiger partial charge on any atom is -0.373 e. The van der Waals surface area contributed by atoms with Gasteiger partial charge in [0.15, 0.2) is 0 Å². The summed E-state index contributed by atoms with van der Waals surface area (Å²) in [7, 11) is 0. The average Bonchev–Trinajstić information content (AvgIpc) is 2.50. The fraction of sp³-hybridized carbons (Fsp3) is 0.647. The number of nitrogens with zero attached hydrogens (tertiary/aromatic N) is 1. The van der Waals surface area contributed by atoms with Crippen molar-refractivity contribution in [3.63, 3.8) is 0 Å². The molecule has 2 nitrogen and oxygen atoms in total. The number of halogens is 1. The lowest BCUT2D eigenvalue weighted by Gasteiger charge is -2.35. The molecule has 112 valence electrons. The SMILES string of the molecule is [2H]C([2H])(c1ccc(F)c(C(C)(C)C)c1)N1C([2H])([2H])C([2H])(C)OC([2H])(C([2H])([2H])[2H])C1([2H])[2H]. The van der Waals surface area contributed by atoms with E-state index < -0.39 is 49.7 Å². The molecule has 0 aliphatic carbocycles. The lowest BCUT2D eigenvalue weighted by molar-refractivity contribution is -0.0705. The van der Waals surface area contributed by atoms with E-state index in [2.05, 4.69) is 0 Å². The summed E-state index contributed by atoms with van der Waals surface area (Å²) in [6.45, 7) is -7.58. The number of rotatable bonds is 2. The van der Waals surface area contributed by atoms with Crippen LogP contribution in [-0.2, 0) is 16.6 Å². The molecule has 1 aromatic carbocycles. The standard InChI is InChI=1S/C17H26FNO/c1-12-9-19(10-13(2)20-12)11-14-6-7-16(18)15(8-14)17(3,4)5/h6-8,12-13H,9-11H2,1-5H3/i1D3,9D2,10D2,11D2,12D,13D. The van der Waals surface area contributed by atoms with Gasteiger partial charge in [-0.3, -0.25) is 4.90 Å². The van der Waals surface area contributed by atoms with Gasteiger partial charge in [0.2, 0.25) is 0 Å². The second-order valence-corrected chi connectivity index (χ2v) is 5.60. The molecule has 1 aliphatic heterocycles. The molecular formula is C17H26FNO. The zero-order chi connectivity index (χ0) is 24.6. The molecule has 20 heavy (non-hydrogen) atoms. The van der Waals surface area contributed by atoms with E-state index in [4.69, 9.17) is 19.8 Å². The number of morpholine rings is 1. The van der Waals surface area contributed by atoms with Gasteiger partial charge in [0.25, 0.3) is 0 Å². The predicted molar refractivity (Wildman–Crippen MR) is 80.4 cm³/mol. The van der Waals surface area contributed by atoms with Crippen LogP contribution < -0.4 is 0 Å². The lowest BCUT2D eigenvalue weighted by atomic mass is 9.85. The molecule has 1 heterocycles. The molecule has 0 saturated carbocycles. The van der Waals surface area contributed by atoms with Crippen molar-refractivity contribution < 1.29 is 24.2 Å². The molecule has 0 N–H and O–H groups in total. The molecule has 0 amide bonds. The zero-order valence-corrected chi connectivity index (χ0v) is 12.0. The number of ether oxygens (including phenoxy) is 1. The van der Waals surface area contributed by atoms with E-state index in [0.29, 0.717) is 0 Å². The topological polar surface area (TPSA) is 12.5 Å². The average molecular weight is 290 g/mol. The maximum Gasteiger partial charge on any atom is 0.126 e. The van der Waals surface area contributed by atoms with E-state index in [9.17, 15) is 4.39 Å². The van der Waals surface area contributed by atoms with Crippen LogP contribution in [0.3, 0.4) is 0 Å². The number of hydrogen-bond acceptors (Lipinski definition) is 2. The first-order chi connectivity index (χ1) is 13.4. The van der Waals surface area contributed by atoms with Crippen LogP contribution in [-0.4, -0.2) is 30.1 Å². The zero-order valence-electron chi connectivity index (χ0n) is 23.0. The lowest BCUT2D eigenvalue weighted by Crippen LogP contribution is -2.44. The molecule has 2 unspecified atom stereocenters. The first-order valence-corrected chi connectivity index (χ1v) is 6.26. The van der Waals surface area contributed by atoms with Gasteiger partial charge in [-0.2, -0.15) is 0 Å². The Morgan fingerprint density at radius 3 is 2.85 bits per heavy atom. The van der Waals surface area contributed by atoms with E-state index >= 15 is 0 Å². The summed E-state index contributed by atoms with van der Waals surface area (Å²) in [6, 6.07) is 3.06. The fourth-order valence-corrected chi connectivity index (χ4v) is 1.84. The Morgan fingerprint density at radius 1 is 1.50 bits per heavy atom. The Balaban J connectivity index is 2.84. The summed E-state index contributed by atoms with van der Waals surface area (Å²) in [5.41, 5.74) is -1.07. The van der Waals surface area contributed by atoms with Gasteiger partial charge in [0.1, 0.15) is 5.82 Å². The quantitative estimate of drug-likeness (QED) is 0.823. The third-order valence-corrected chi connectivity index (χ3v) is 2.75. The Kier molecular flexibility index (Phi) is 1.88. The minimum atomic E-state index is -3.57. The second kappa shape index (κ2) is 5.82. The van der Waals surface area contributed by atoms with E-state index in [0.717, 1.165) is 25.1 Å². The fourth-order valence-electron chi connectivity index (χ4n) is 1.84. The van der Waals surface area contributed by atoms with Gasteiger partial charge in [-0.25, -0.2) is 4.39 Å². The smallest absolute Gasteiger partial charge is 0.126 e. The van der Waals surface area contributed by atoms with Crippen molar-refractivity contribution in [3.8, 4) is 0 Å². The first kappa shape index (κ1) is 6.45. The Morgan fingerprint density at radius 2 is 2.20 bits per heavy atom. The first-order valence-electron chi connectivity index (χ1n) is 11.8. The van der Waals surface area contributed by atoms with Crippen molar-refractivity contribution in [2.45, 2.75) is 58.6 Å². The molecule has 1 aliphatic rings. The Hall–Kier alpha value is -0.930. The molecule has 2 rings (SSSR count). The van der Waals surface area contributed by atoms with Gasteiger partial charge >= 0.3 is 0 Å². The van der Waals surface area contributed by atoms with Crippen LogP contribution in [0.1, 0.15) is 60.8 Å². The van der Waals surface area contributed by atoms with E-state index in [-0.39, 0.29) is 16.0 Å². The molecule has 0 aromatic heterocycles. The van der Waals surface area contributed by atoms with Gasteiger partial charge in [-0.15, -0.1) is 0 Å². The monoisotopic (exact) mass is 290 g/mol. The van der Waals surface area contributed by atoms with Crippen LogP contribution in [0.2, 0.25) is 0 Å². The summed E-state index contributed by atoms with van der Waals surface area (Å²) in [4.78, 5) is -0.0947. The highest BCUT2D eigenvalue weighted by Gasteiger charge is 2.23. The highest BCUT2D eigenvalue weighted by Crippen LogP contribution is 2.26. The molecule has 0 bridgehead atoms. The normalized spacial score (nSPS) is 46.8. The summed E-state index contributed by atoms with van der Waals surface area (Å²) < 4.78 is 109. The number of benzene rings is 1.